The highest BCUT2D eigenvalue weighted by Gasteiger charge is 2.45. The van der Waals surface area contributed by atoms with Gasteiger partial charge in [0.2, 0.25) is 0 Å². The Morgan fingerprint density at radius 1 is 0.971 bits per heavy atom. The Morgan fingerprint density at radius 3 is 2.17 bits per heavy atom. The molecule has 0 aliphatic heterocycles. The van der Waals surface area contributed by atoms with Gasteiger partial charge in [-0.3, -0.25) is 9.99 Å². The predicted octanol–water partition coefficient (Wildman–Crippen LogP) is 5.12. The fourth-order valence-electron chi connectivity index (χ4n) is 3.20. The van der Waals surface area contributed by atoms with Crippen LogP contribution in [0.2, 0.25) is 0 Å². The summed E-state index contributed by atoms with van der Waals surface area (Å²) in [6.07, 6.45) is -2.75. The molecule has 0 amide bonds. The maximum Gasteiger partial charge on any atom is 0.416 e. The molecule has 0 aliphatic rings. The zero-order valence-electron chi connectivity index (χ0n) is 17.7. The molecule has 0 bridgehead atoms. The van der Waals surface area contributed by atoms with Gasteiger partial charge in [0.1, 0.15) is 35.2 Å². The second-order valence-corrected chi connectivity index (χ2v) is 7.31. The summed E-state index contributed by atoms with van der Waals surface area (Å²) in [5, 5.41) is 3.84. The second kappa shape index (κ2) is 10.2. The SMILES string of the molecule is N/N=C\N(N)CC(c1ccc(F)cc1F)C(F)(F)c1ccc(Oc2ccc(C(F)(F)F)cc2)cn1. The van der Waals surface area contributed by atoms with Crippen LogP contribution in [0.3, 0.4) is 0 Å². The summed E-state index contributed by atoms with van der Waals surface area (Å²) in [6.45, 7) is -0.665. The molecule has 3 rings (SSSR count). The van der Waals surface area contributed by atoms with Crippen molar-refractivity contribution in [3.63, 3.8) is 0 Å². The normalized spacial score (nSPS) is 13.1. The summed E-state index contributed by atoms with van der Waals surface area (Å²) < 4.78 is 102. The van der Waals surface area contributed by atoms with E-state index < -0.39 is 53.0 Å². The molecule has 0 spiro atoms. The number of hydrazine groups is 1. The Morgan fingerprint density at radius 2 is 1.63 bits per heavy atom. The van der Waals surface area contributed by atoms with Gasteiger partial charge in [-0.1, -0.05) is 6.07 Å². The molecule has 35 heavy (non-hydrogen) atoms. The number of nitrogens with two attached hydrogens (primary N) is 2. The van der Waals surface area contributed by atoms with Crippen molar-refractivity contribution >= 4 is 6.34 Å². The number of hydrazone groups is 1. The number of alkyl halides is 5. The van der Waals surface area contributed by atoms with Gasteiger partial charge >= 0.3 is 6.18 Å². The molecule has 13 heteroatoms. The monoisotopic (exact) mass is 501 g/mol. The zero-order valence-corrected chi connectivity index (χ0v) is 17.7. The molecule has 0 fully saturated rings. The van der Waals surface area contributed by atoms with Crippen LogP contribution in [0.4, 0.5) is 30.7 Å². The molecular formula is C22H18F7N5O. The quantitative estimate of drug-likeness (QED) is 0.147. The Hall–Kier alpha value is -3.87. The molecule has 3 aromatic rings. The van der Waals surface area contributed by atoms with Crippen molar-refractivity contribution in [3.05, 3.63) is 89.2 Å². The molecule has 1 unspecified atom stereocenters. The fraction of sp³-hybridized carbons (Fsp3) is 0.182. The van der Waals surface area contributed by atoms with Gasteiger partial charge < -0.3 is 10.6 Å². The molecule has 0 saturated heterocycles. The highest BCUT2D eigenvalue weighted by atomic mass is 19.4. The lowest BCUT2D eigenvalue weighted by molar-refractivity contribution is -0.137. The van der Waals surface area contributed by atoms with E-state index in [0.29, 0.717) is 11.1 Å². The zero-order chi connectivity index (χ0) is 25.8. The van der Waals surface area contributed by atoms with E-state index in [1.165, 1.54) is 0 Å². The van der Waals surface area contributed by atoms with E-state index in [1.807, 2.05) is 0 Å². The molecular weight excluding hydrogens is 483 g/mol. The lowest BCUT2D eigenvalue weighted by Gasteiger charge is -2.29. The van der Waals surface area contributed by atoms with E-state index in [2.05, 4.69) is 10.1 Å². The van der Waals surface area contributed by atoms with Crippen molar-refractivity contribution < 1.29 is 35.5 Å². The number of benzene rings is 2. The number of rotatable bonds is 8. The van der Waals surface area contributed by atoms with Crippen molar-refractivity contribution in [1.82, 2.24) is 9.99 Å². The van der Waals surface area contributed by atoms with Gasteiger partial charge in [0, 0.05) is 12.6 Å². The lowest BCUT2D eigenvalue weighted by atomic mass is 9.89. The Labute approximate surface area is 194 Å². The Balaban J connectivity index is 1.87. The van der Waals surface area contributed by atoms with E-state index in [9.17, 15) is 22.0 Å². The maximum atomic E-state index is 15.5. The minimum Gasteiger partial charge on any atom is -0.456 e. The van der Waals surface area contributed by atoms with Gasteiger partial charge in [0.15, 0.2) is 0 Å². The van der Waals surface area contributed by atoms with Crippen molar-refractivity contribution in [2.75, 3.05) is 6.54 Å². The van der Waals surface area contributed by atoms with Crippen molar-refractivity contribution in [3.8, 4) is 11.5 Å². The van der Waals surface area contributed by atoms with Crippen LogP contribution in [-0.2, 0) is 12.1 Å². The van der Waals surface area contributed by atoms with Crippen LogP contribution < -0.4 is 16.4 Å². The summed E-state index contributed by atoms with van der Waals surface area (Å²) in [7, 11) is 0. The molecule has 6 nitrogen and oxygen atoms in total. The van der Waals surface area contributed by atoms with Crippen LogP contribution in [0.5, 0.6) is 11.5 Å². The van der Waals surface area contributed by atoms with Gasteiger partial charge in [0.05, 0.1) is 17.7 Å². The average molecular weight is 501 g/mol. The minimum atomic E-state index is -4.52. The summed E-state index contributed by atoms with van der Waals surface area (Å²) >= 11 is 0. The Kier molecular flexibility index (Phi) is 7.48. The molecule has 1 aromatic heterocycles. The average Bonchev–Trinajstić information content (AvgIpc) is 2.78. The minimum absolute atomic E-state index is 0.0189. The number of nitrogens with zero attached hydrogens (tertiary/aromatic N) is 3. The summed E-state index contributed by atoms with van der Waals surface area (Å²) in [4.78, 5) is 3.68. The topological polar surface area (TPSA) is 89.8 Å². The predicted molar refractivity (Wildman–Crippen MR) is 112 cm³/mol. The first kappa shape index (κ1) is 25.7. The summed E-state index contributed by atoms with van der Waals surface area (Å²) in [6, 6.07) is 7.92. The molecule has 4 N–H and O–H groups in total. The largest absolute Gasteiger partial charge is 0.456 e. The van der Waals surface area contributed by atoms with Gasteiger partial charge in [-0.25, -0.2) is 14.6 Å². The summed E-state index contributed by atoms with van der Waals surface area (Å²) in [5.41, 5.74) is -2.20. The van der Waals surface area contributed by atoms with Gasteiger partial charge in [-0.2, -0.15) is 27.1 Å². The molecule has 1 atom stereocenters. The third kappa shape index (κ3) is 6.18. The third-order valence-corrected chi connectivity index (χ3v) is 4.88. The fourth-order valence-corrected chi connectivity index (χ4v) is 3.20. The van der Waals surface area contributed by atoms with E-state index in [0.717, 1.165) is 61.1 Å². The standard InChI is InChI=1S/C22H18F7N5O/c23-14-3-7-17(19(24)9-14)18(11-34(31)12-33-30)21(25,26)20-8-6-16(10-32-20)35-15-4-1-13(2-5-15)22(27,28)29/h1-10,12,18H,11,30-31H2/b33-12-. The number of halogens is 7. The van der Waals surface area contributed by atoms with E-state index in [-0.39, 0.29) is 11.5 Å². The molecule has 1 heterocycles. The van der Waals surface area contributed by atoms with Crippen molar-refractivity contribution in [2.45, 2.75) is 18.0 Å². The number of hydrogen-bond donors (Lipinski definition) is 2. The maximum absolute atomic E-state index is 15.5. The summed E-state index contributed by atoms with van der Waals surface area (Å²) in [5.74, 6) is 2.64. The molecule has 186 valence electrons. The Bertz CT molecular complexity index is 1170. The van der Waals surface area contributed by atoms with Gasteiger partial charge in [0.25, 0.3) is 5.92 Å². The van der Waals surface area contributed by atoms with Crippen LogP contribution in [0.25, 0.3) is 0 Å². The van der Waals surface area contributed by atoms with Crippen molar-refractivity contribution in [1.29, 1.82) is 0 Å². The smallest absolute Gasteiger partial charge is 0.416 e. The first-order chi connectivity index (χ1) is 16.4. The van der Waals surface area contributed by atoms with E-state index in [4.69, 9.17) is 16.4 Å². The molecule has 0 aliphatic carbocycles. The van der Waals surface area contributed by atoms with E-state index in [1.54, 1.807) is 0 Å². The van der Waals surface area contributed by atoms with Crippen LogP contribution in [0.1, 0.15) is 22.7 Å². The highest BCUT2D eigenvalue weighted by Crippen LogP contribution is 2.43. The lowest BCUT2D eigenvalue weighted by Crippen LogP contribution is -2.40. The molecule has 0 saturated carbocycles. The van der Waals surface area contributed by atoms with E-state index >= 15 is 8.78 Å². The van der Waals surface area contributed by atoms with Gasteiger partial charge in [-0.15, -0.1) is 0 Å². The van der Waals surface area contributed by atoms with Crippen molar-refractivity contribution in [2.24, 2.45) is 16.8 Å². The molecule has 2 aromatic carbocycles. The first-order valence-corrected chi connectivity index (χ1v) is 9.81. The highest BCUT2D eigenvalue weighted by molar-refractivity contribution is 5.53. The van der Waals surface area contributed by atoms with Crippen LogP contribution in [0, 0.1) is 11.6 Å². The van der Waals surface area contributed by atoms with Crippen LogP contribution in [-0.4, -0.2) is 22.9 Å². The number of hydrogen-bond acceptors (Lipinski definition) is 5. The molecule has 0 radical (unpaired) electrons. The third-order valence-electron chi connectivity index (χ3n) is 4.88. The van der Waals surface area contributed by atoms with Gasteiger partial charge in [-0.05, 0) is 48.0 Å². The van der Waals surface area contributed by atoms with Crippen LogP contribution in [0.15, 0.2) is 65.9 Å². The van der Waals surface area contributed by atoms with Crippen LogP contribution >= 0.6 is 0 Å². The number of ether oxygens (including phenoxy) is 1. The second-order valence-electron chi connectivity index (χ2n) is 7.31. The number of pyridine rings is 1. The first-order valence-electron chi connectivity index (χ1n) is 9.81. The number of aromatic nitrogens is 1.